The van der Waals surface area contributed by atoms with Crippen molar-refractivity contribution in [3.05, 3.63) is 23.8 Å². The van der Waals surface area contributed by atoms with E-state index in [2.05, 4.69) is 24.8 Å². The Kier molecular flexibility index (Phi) is 2.95. The summed E-state index contributed by atoms with van der Waals surface area (Å²) < 4.78 is 5.49. The standard InChI is InChI=1S/C13H17N3O/c1-13(2)9-17-7-6-16(13)11-5-3-4-10(8-14)12(11)15/h3-5H,6-7,9,15H2,1-2H3. The number of nitrogen functional groups attached to an aromatic ring is 1. The van der Waals surface area contributed by atoms with E-state index in [1.54, 1.807) is 6.07 Å². The molecule has 1 aliphatic rings. The SMILES string of the molecule is CC1(C)COCCN1c1cccc(C#N)c1N. The third-order valence-electron chi connectivity index (χ3n) is 3.14. The zero-order chi connectivity index (χ0) is 12.5. The zero-order valence-corrected chi connectivity index (χ0v) is 10.2. The Bertz CT molecular complexity index is 462. The fraction of sp³-hybridized carbons (Fsp3) is 0.462. The minimum atomic E-state index is -0.0968. The summed E-state index contributed by atoms with van der Waals surface area (Å²) in [6, 6.07) is 7.69. The van der Waals surface area contributed by atoms with Gasteiger partial charge < -0.3 is 15.4 Å². The number of ether oxygens (including phenoxy) is 1. The summed E-state index contributed by atoms with van der Waals surface area (Å²) in [5.74, 6) is 0. The predicted octanol–water partition coefficient (Wildman–Crippen LogP) is 1.76. The van der Waals surface area contributed by atoms with Gasteiger partial charge in [-0.3, -0.25) is 0 Å². The van der Waals surface area contributed by atoms with Gasteiger partial charge in [0.05, 0.1) is 35.7 Å². The summed E-state index contributed by atoms with van der Waals surface area (Å²) in [5.41, 5.74) is 7.96. The van der Waals surface area contributed by atoms with Gasteiger partial charge in [0.25, 0.3) is 0 Å². The lowest BCUT2D eigenvalue weighted by atomic mass is 10.00. The molecule has 1 aromatic carbocycles. The molecule has 0 aliphatic carbocycles. The number of morpholine rings is 1. The van der Waals surface area contributed by atoms with Gasteiger partial charge in [0.15, 0.2) is 0 Å². The minimum absolute atomic E-state index is 0.0968. The molecule has 0 unspecified atom stereocenters. The molecule has 0 saturated carbocycles. The van der Waals surface area contributed by atoms with E-state index in [1.807, 2.05) is 12.1 Å². The van der Waals surface area contributed by atoms with E-state index in [4.69, 9.17) is 15.7 Å². The smallest absolute Gasteiger partial charge is 0.101 e. The van der Waals surface area contributed by atoms with Crippen LogP contribution in [0.25, 0.3) is 0 Å². The van der Waals surface area contributed by atoms with Crippen molar-refractivity contribution in [1.82, 2.24) is 0 Å². The van der Waals surface area contributed by atoms with Crippen LogP contribution in [0.4, 0.5) is 11.4 Å². The second-order valence-corrected chi connectivity index (χ2v) is 4.87. The lowest BCUT2D eigenvalue weighted by molar-refractivity contribution is 0.0645. The predicted molar refractivity (Wildman–Crippen MR) is 67.8 cm³/mol. The maximum absolute atomic E-state index is 9.00. The number of nitriles is 1. The van der Waals surface area contributed by atoms with Gasteiger partial charge in [-0.1, -0.05) is 6.07 Å². The molecule has 90 valence electrons. The molecule has 4 heteroatoms. The van der Waals surface area contributed by atoms with Crippen molar-refractivity contribution in [2.75, 3.05) is 30.4 Å². The first kappa shape index (κ1) is 11.7. The van der Waals surface area contributed by atoms with Gasteiger partial charge in [-0.15, -0.1) is 0 Å². The average Bonchev–Trinajstić information content (AvgIpc) is 2.30. The summed E-state index contributed by atoms with van der Waals surface area (Å²) in [4.78, 5) is 2.21. The molecule has 4 nitrogen and oxygen atoms in total. The van der Waals surface area contributed by atoms with Crippen LogP contribution in [0.2, 0.25) is 0 Å². The highest BCUT2D eigenvalue weighted by Gasteiger charge is 2.31. The molecule has 0 amide bonds. The van der Waals surface area contributed by atoms with E-state index in [1.165, 1.54) is 0 Å². The van der Waals surface area contributed by atoms with Crippen molar-refractivity contribution < 1.29 is 4.74 Å². The van der Waals surface area contributed by atoms with E-state index in [9.17, 15) is 0 Å². The molecule has 0 spiro atoms. The van der Waals surface area contributed by atoms with Crippen molar-refractivity contribution in [2.24, 2.45) is 0 Å². The van der Waals surface area contributed by atoms with Crippen molar-refractivity contribution in [1.29, 1.82) is 5.26 Å². The Morgan fingerprint density at radius 3 is 2.88 bits per heavy atom. The molecule has 0 aromatic heterocycles. The fourth-order valence-corrected chi connectivity index (χ4v) is 2.19. The van der Waals surface area contributed by atoms with Gasteiger partial charge in [-0.2, -0.15) is 5.26 Å². The highest BCUT2D eigenvalue weighted by Crippen LogP contribution is 2.33. The summed E-state index contributed by atoms with van der Waals surface area (Å²) in [6.45, 7) is 6.39. The van der Waals surface area contributed by atoms with Crippen LogP contribution in [-0.2, 0) is 4.74 Å². The van der Waals surface area contributed by atoms with Crippen LogP contribution < -0.4 is 10.6 Å². The molecule has 0 radical (unpaired) electrons. The molecular weight excluding hydrogens is 214 g/mol. The Morgan fingerprint density at radius 1 is 1.47 bits per heavy atom. The van der Waals surface area contributed by atoms with Gasteiger partial charge in [0, 0.05) is 6.54 Å². The number of benzene rings is 1. The largest absolute Gasteiger partial charge is 0.396 e. The van der Waals surface area contributed by atoms with Crippen molar-refractivity contribution in [3.8, 4) is 6.07 Å². The lowest BCUT2D eigenvalue weighted by Crippen LogP contribution is -2.53. The van der Waals surface area contributed by atoms with Crippen LogP contribution in [0.5, 0.6) is 0 Å². The molecule has 1 aromatic rings. The van der Waals surface area contributed by atoms with Gasteiger partial charge >= 0.3 is 0 Å². The monoisotopic (exact) mass is 231 g/mol. The second-order valence-electron chi connectivity index (χ2n) is 4.87. The van der Waals surface area contributed by atoms with Crippen LogP contribution in [0.3, 0.4) is 0 Å². The molecule has 2 N–H and O–H groups in total. The normalized spacial score (nSPS) is 18.8. The summed E-state index contributed by atoms with van der Waals surface area (Å²) >= 11 is 0. The first-order chi connectivity index (χ1) is 8.06. The van der Waals surface area contributed by atoms with E-state index in [0.717, 1.165) is 12.2 Å². The Labute approximate surface area is 102 Å². The van der Waals surface area contributed by atoms with Crippen LogP contribution in [-0.4, -0.2) is 25.3 Å². The van der Waals surface area contributed by atoms with Crippen molar-refractivity contribution in [3.63, 3.8) is 0 Å². The number of nitrogens with zero attached hydrogens (tertiary/aromatic N) is 2. The molecule has 1 fully saturated rings. The highest BCUT2D eigenvalue weighted by molar-refractivity contribution is 5.74. The van der Waals surface area contributed by atoms with E-state index in [0.29, 0.717) is 24.5 Å². The number of nitrogens with two attached hydrogens (primary N) is 1. The number of hydrogen-bond acceptors (Lipinski definition) is 4. The van der Waals surface area contributed by atoms with Gasteiger partial charge in [0.2, 0.25) is 0 Å². The van der Waals surface area contributed by atoms with Crippen molar-refractivity contribution in [2.45, 2.75) is 19.4 Å². The third kappa shape index (κ3) is 2.06. The summed E-state index contributed by atoms with van der Waals surface area (Å²) in [5, 5.41) is 9.00. The first-order valence-corrected chi connectivity index (χ1v) is 5.70. The molecule has 17 heavy (non-hydrogen) atoms. The van der Waals surface area contributed by atoms with Crippen LogP contribution in [0, 0.1) is 11.3 Å². The first-order valence-electron chi connectivity index (χ1n) is 5.70. The van der Waals surface area contributed by atoms with E-state index < -0.39 is 0 Å². The van der Waals surface area contributed by atoms with E-state index in [-0.39, 0.29) is 5.54 Å². The molecule has 0 bridgehead atoms. The van der Waals surface area contributed by atoms with Crippen LogP contribution >= 0.6 is 0 Å². The van der Waals surface area contributed by atoms with Crippen LogP contribution in [0.15, 0.2) is 18.2 Å². The van der Waals surface area contributed by atoms with E-state index >= 15 is 0 Å². The van der Waals surface area contributed by atoms with Gasteiger partial charge in [0.1, 0.15) is 6.07 Å². The highest BCUT2D eigenvalue weighted by atomic mass is 16.5. The van der Waals surface area contributed by atoms with Crippen molar-refractivity contribution >= 4 is 11.4 Å². The fourth-order valence-electron chi connectivity index (χ4n) is 2.19. The number of rotatable bonds is 1. The number of para-hydroxylation sites is 1. The number of hydrogen-bond donors (Lipinski definition) is 1. The second kappa shape index (κ2) is 4.27. The maximum atomic E-state index is 9.00. The lowest BCUT2D eigenvalue weighted by Gasteiger charge is -2.44. The Balaban J connectivity index is 2.43. The molecular formula is C13H17N3O. The van der Waals surface area contributed by atoms with Crippen LogP contribution in [0.1, 0.15) is 19.4 Å². The minimum Gasteiger partial charge on any atom is -0.396 e. The average molecular weight is 231 g/mol. The number of anilines is 2. The Hall–Kier alpha value is -1.73. The zero-order valence-electron chi connectivity index (χ0n) is 10.2. The molecule has 1 aliphatic heterocycles. The molecule has 2 rings (SSSR count). The van der Waals surface area contributed by atoms with Gasteiger partial charge in [-0.05, 0) is 26.0 Å². The topological polar surface area (TPSA) is 62.3 Å². The third-order valence-corrected chi connectivity index (χ3v) is 3.14. The molecule has 1 heterocycles. The maximum Gasteiger partial charge on any atom is 0.101 e. The molecule has 1 saturated heterocycles. The quantitative estimate of drug-likeness (QED) is 0.748. The Morgan fingerprint density at radius 2 is 2.24 bits per heavy atom. The van der Waals surface area contributed by atoms with Gasteiger partial charge in [-0.25, -0.2) is 0 Å². The summed E-state index contributed by atoms with van der Waals surface area (Å²) in [6.07, 6.45) is 0. The summed E-state index contributed by atoms with van der Waals surface area (Å²) in [7, 11) is 0. The molecule has 0 atom stereocenters.